The molecule has 110 valence electrons. The summed E-state index contributed by atoms with van der Waals surface area (Å²) in [6, 6.07) is 14.0. The summed E-state index contributed by atoms with van der Waals surface area (Å²) in [6.07, 6.45) is 0. The molecule has 2 aromatic rings. The number of likely N-dealkylation sites (N-methyl/N-ethyl adjacent to an activating group) is 1. The Hall–Kier alpha value is -1.84. The molecule has 0 aliphatic carbocycles. The van der Waals surface area contributed by atoms with Gasteiger partial charge in [0.05, 0.1) is 0 Å². The van der Waals surface area contributed by atoms with E-state index < -0.39 is 5.60 Å². The third-order valence-corrected chi connectivity index (χ3v) is 3.97. The molecule has 0 fully saturated rings. The highest BCUT2D eigenvalue weighted by Crippen LogP contribution is 2.41. The van der Waals surface area contributed by atoms with Crippen LogP contribution in [0, 0.1) is 6.92 Å². The van der Waals surface area contributed by atoms with Crippen LogP contribution < -0.4 is 4.74 Å². The van der Waals surface area contributed by atoms with E-state index in [1.807, 2.05) is 68.4 Å². The lowest BCUT2D eigenvalue weighted by Crippen LogP contribution is -2.39. The fraction of sp³-hybridized carbons (Fsp3) is 0.333. The van der Waals surface area contributed by atoms with Crippen LogP contribution in [-0.4, -0.2) is 30.6 Å². The first-order chi connectivity index (χ1) is 10.0. The molecule has 1 atom stereocenters. The van der Waals surface area contributed by atoms with Crippen LogP contribution in [0.15, 0.2) is 42.5 Å². The summed E-state index contributed by atoms with van der Waals surface area (Å²) in [5, 5.41) is 11.5. The van der Waals surface area contributed by atoms with E-state index in [-0.39, 0.29) is 0 Å². The zero-order valence-electron chi connectivity index (χ0n) is 12.8. The second-order valence-electron chi connectivity index (χ2n) is 6.04. The second kappa shape index (κ2) is 5.17. The van der Waals surface area contributed by atoms with Gasteiger partial charge in [0.2, 0.25) is 0 Å². The van der Waals surface area contributed by atoms with Crippen LogP contribution in [0.4, 0.5) is 0 Å². The number of aryl methyl sites for hydroxylation is 1. The van der Waals surface area contributed by atoms with Gasteiger partial charge in [-0.25, -0.2) is 0 Å². The minimum Gasteiger partial charge on any atom is -0.488 e. The molecule has 0 aromatic heterocycles. The van der Waals surface area contributed by atoms with Gasteiger partial charge in [0.25, 0.3) is 0 Å². The molecule has 1 aliphatic heterocycles. The summed E-state index contributed by atoms with van der Waals surface area (Å²) in [5.41, 5.74) is 2.88. The SMILES string of the molecule is Cc1ccc2c(c1)OCc1ccccc1C2(O)CN(C)C. The van der Waals surface area contributed by atoms with Crippen molar-refractivity contribution in [2.75, 3.05) is 20.6 Å². The fourth-order valence-corrected chi connectivity index (χ4v) is 3.07. The van der Waals surface area contributed by atoms with Crippen LogP contribution in [0.25, 0.3) is 0 Å². The molecule has 3 rings (SSSR count). The number of aliphatic hydroxyl groups is 1. The smallest absolute Gasteiger partial charge is 0.131 e. The Morgan fingerprint density at radius 2 is 1.90 bits per heavy atom. The lowest BCUT2D eigenvalue weighted by Gasteiger charge is -2.32. The van der Waals surface area contributed by atoms with Gasteiger partial charge in [-0.15, -0.1) is 0 Å². The van der Waals surface area contributed by atoms with Crippen LogP contribution in [0.2, 0.25) is 0 Å². The average Bonchev–Trinajstić information content (AvgIpc) is 2.54. The summed E-state index contributed by atoms with van der Waals surface area (Å²) < 4.78 is 5.95. The molecule has 2 aromatic carbocycles. The molecule has 1 unspecified atom stereocenters. The van der Waals surface area contributed by atoms with E-state index in [0.717, 1.165) is 28.0 Å². The molecule has 21 heavy (non-hydrogen) atoms. The van der Waals surface area contributed by atoms with Gasteiger partial charge in [0.1, 0.15) is 18.0 Å². The third kappa shape index (κ3) is 2.43. The molecule has 0 bridgehead atoms. The molecular weight excluding hydrogens is 262 g/mol. The summed E-state index contributed by atoms with van der Waals surface area (Å²) in [4.78, 5) is 2.01. The van der Waals surface area contributed by atoms with Gasteiger partial charge in [-0.05, 0) is 43.8 Å². The van der Waals surface area contributed by atoms with Crippen molar-refractivity contribution in [3.8, 4) is 5.75 Å². The van der Waals surface area contributed by atoms with Gasteiger partial charge < -0.3 is 14.7 Å². The molecule has 1 aliphatic rings. The molecular formula is C18H21NO2. The van der Waals surface area contributed by atoms with Gasteiger partial charge in [0.15, 0.2) is 0 Å². The first kappa shape index (κ1) is 14.1. The van der Waals surface area contributed by atoms with Crippen molar-refractivity contribution in [1.82, 2.24) is 4.90 Å². The van der Waals surface area contributed by atoms with E-state index in [2.05, 4.69) is 0 Å². The summed E-state index contributed by atoms with van der Waals surface area (Å²) in [5.74, 6) is 0.774. The highest BCUT2D eigenvalue weighted by atomic mass is 16.5. The molecule has 0 saturated carbocycles. The van der Waals surface area contributed by atoms with Gasteiger partial charge in [-0.2, -0.15) is 0 Å². The predicted octanol–water partition coefficient (Wildman–Crippen LogP) is 2.68. The van der Waals surface area contributed by atoms with Crippen LogP contribution in [0.5, 0.6) is 5.75 Å². The maximum Gasteiger partial charge on any atom is 0.131 e. The Labute approximate surface area is 125 Å². The molecule has 1 N–H and O–H groups in total. The normalized spacial score (nSPS) is 20.4. The quantitative estimate of drug-likeness (QED) is 0.920. The van der Waals surface area contributed by atoms with E-state index in [0.29, 0.717) is 13.2 Å². The Balaban J connectivity index is 2.24. The topological polar surface area (TPSA) is 32.7 Å². The Morgan fingerprint density at radius 1 is 1.14 bits per heavy atom. The maximum absolute atomic E-state index is 11.5. The van der Waals surface area contributed by atoms with Crippen molar-refractivity contribution in [1.29, 1.82) is 0 Å². The van der Waals surface area contributed by atoms with E-state index in [1.54, 1.807) is 0 Å². The van der Waals surface area contributed by atoms with Crippen molar-refractivity contribution in [2.24, 2.45) is 0 Å². The number of nitrogens with zero attached hydrogens (tertiary/aromatic N) is 1. The fourth-order valence-electron chi connectivity index (χ4n) is 3.07. The number of fused-ring (bicyclic) bond motifs is 2. The second-order valence-corrected chi connectivity index (χ2v) is 6.04. The van der Waals surface area contributed by atoms with Crippen molar-refractivity contribution in [3.63, 3.8) is 0 Å². The molecule has 0 spiro atoms. The summed E-state index contributed by atoms with van der Waals surface area (Å²) in [7, 11) is 3.94. The number of ether oxygens (including phenoxy) is 1. The van der Waals surface area contributed by atoms with Crippen LogP contribution in [0.1, 0.15) is 22.3 Å². The molecule has 1 heterocycles. The highest BCUT2D eigenvalue weighted by Gasteiger charge is 2.38. The van der Waals surface area contributed by atoms with Crippen LogP contribution in [0.3, 0.4) is 0 Å². The van der Waals surface area contributed by atoms with Gasteiger partial charge in [-0.1, -0.05) is 36.4 Å². The van der Waals surface area contributed by atoms with Crippen molar-refractivity contribution in [2.45, 2.75) is 19.1 Å². The van der Waals surface area contributed by atoms with Crippen molar-refractivity contribution in [3.05, 3.63) is 64.7 Å². The van der Waals surface area contributed by atoms with Crippen molar-refractivity contribution >= 4 is 0 Å². The maximum atomic E-state index is 11.5. The van der Waals surface area contributed by atoms with E-state index in [1.165, 1.54) is 0 Å². The van der Waals surface area contributed by atoms with Crippen LogP contribution in [-0.2, 0) is 12.2 Å². The van der Waals surface area contributed by atoms with Gasteiger partial charge in [-0.3, -0.25) is 0 Å². The molecule has 0 saturated heterocycles. The number of benzene rings is 2. The Kier molecular flexibility index (Phi) is 3.47. The summed E-state index contributed by atoms with van der Waals surface area (Å²) >= 11 is 0. The minimum absolute atomic E-state index is 0.488. The van der Waals surface area contributed by atoms with Crippen molar-refractivity contribution < 1.29 is 9.84 Å². The summed E-state index contributed by atoms with van der Waals surface area (Å²) in [6.45, 7) is 3.04. The Bertz CT molecular complexity index is 666. The van der Waals surface area contributed by atoms with Crippen LogP contribution >= 0.6 is 0 Å². The first-order valence-corrected chi connectivity index (χ1v) is 7.20. The lowest BCUT2D eigenvalue weighted by atomic mass is 9.83. The largest absolute Gasteiger partial charge is 0.488 e. The first-order valence-electron chi connectivity index (χ1n) is 7.20. The Morgan fingerprint density at radius 3 is 2.67 bits per heavy atom. The number of hydrogen-bond acceptors (Lipinski definition) is 3. The molecule has 0 amide bonds. The third-order valence-electron chi connectivity index (χ3n) is 3.97. The molecule has 3 heteroatoms. The zero-order chi connectivity index (χ0) is 15.0. The number of rotatable bonds is 2. The van der Waals surface area contributed by atoms with Gasteiger partial charge >= 0.3 is 0 Å². The lowest BCUT2D eigenvalue weighted by molar-refractivity contribution is 0.0508. The van der Waals surface area contributed by atoms with E-state index in [4.69, 9.17) is 4.74 Å². The molecule has 0 radical (unpaired) electrons. The van der Waals surface area contributed by atoms with E-state index >= 15 is 0 Å². The average molecular weight is 283 g/mol. The van der Waals surface area contributed by atoms with E-state index in [9.17, 15) is 5.11 Å². The van der Waals surface area contributed by atoms with Gasteiger partial charge in [0, 0.05) is 12.1 Å². The molecule has 3 nitrogen and oxygen atoms in total. The minimum atomic E-state index is -1.06. The number of hydrogen-bond donors (Lipinski definition) is 1. The standard InChI is InChI=1S/C18H21NO2/c1-13-8-9-16-17(10-13)21-11-14-6-4-5-7-15(14)18(16,20)12-19(2)3/h4-10,20H,11-12H2,1-3H3. The monoisotopic (exact) mass is 283 g/mol. The predicted molar refractivity (Wildman–Crippen MR) is 83.5 cm³/mol. The highest BCUT2D eigenvalue weighted by molar-refractivity contribution is 5.50. The zero-order valence-corrected chi connectivity index (χ0v) is 12.8.